The molecule has 1 unspecified atom stereocenters. The summed E-state index contributed by atoms with van der Waals surface area (Å²) in [6, 6.07) is 0.324. The van der Waals surface area contributed by atoms with Crippen LogP contribution in [0.1, 0.15) is 39.5 Å². The second-order valence-corrected chi connectivity index (χ2v) is 5.12. The monoisotopic (exact) mass is 184 g/mol. The van der Waals surface area contributed by atoms with Crippen LogP contribution in [0.15, 0.2) is 0 Å². The van der Waals surface area contributed by atoms with Crippen molar-refractivity contribution in [3.63, 3.8) is 0 Å². The van der Waals surface area contributed by atoms with Gasteiger partial charge in [-0.3, -0.25) is 0 Å². The van der Waals surface area contributed by atoms with Gasteiger partial charge in [-0.1, -0.05) is 12.8 Å². The maximum atomic E-state index is 6.32. The Morgan fingerprint density at radius 1 is 1.23 bits per heavy atom. The molecule has 0 aromatic heterocycles. The first-order chi connectivity index (χ1) is 5.96. The van der Waals surface area contributed by atoms with Crippen LogP contribution in [0, 0.1) is 5.92 Å². The van der Waals surface area contributed by atoms with Crippen molar-refractivity contribution in [2.75, 3.05) is 14.1 Å². The molecule has 78 valence electrons. The minimum Gasteiger partial charge on any atom is -0.326 e. The Morgan fingerprint density at radius 2 is 1.69 bits per heavy atom. The molecule has 2 N–H and O–H groups in total. The van der Waals surface area contributed by atoms with Gasteiger partial charge < -0.3 is 10.6 Å². The minimum atomic E-state index is 0.134. The van der Waals surface area contributed by atoms with Crippen LogP contribution in [-0.4, -0.2) is 30.6 Å². The predicted octanol–water partition coefficient (Wildman–Crippen LogP) is 1.84. The van der Waals surface area contributed by atoms with E-state index < -0.39 is 0 Å². The maximum absolute atomic E-state index is 6.32. The molecule has 1 aliphatic rings. The van der Waals surface area contributed by atoms with E-state index in [1.807, 2.05) is 0 Å². The van der Waals surface area contributed by atoms with Gasteiger partial charge in [-0.2, -0.15) is 0 Å². The lowest BCUT2D eigenvalue weighted by Gasteiger charge is -2.41. The van der Waals surface area contributed by atoms with Gasteiger partial charge in [0, 0.05) is 11.6 Å². The van der Waals surface area contributed by atoms with Crippen molar-refractivity contribution in [1.29, 1.82) is 0 Å². The molecular formula is C11H24N2. The first-order valence-corrected chi connectivity index (χ1v) is 5.39. The molecule has 0 saturated heterocycles. The summed E-state index contributed by atoms with van der Waals surface area (Å²) in [5.41, 5.74) is 6.45. The first-order valence-electron chi connectivity index (χ1n) is 5.39. The largest absolute Gasteiger partial charge is 0.326 e. The van der Waals surface area contributed by atoms with Crippen LogP contribution in [0.4, 0.5) is 0 Å². The summed E-state index contributed by atoms with van der Waals surface area (Å²) in [6.07, 6.45) is 5.42. The fourth-order valence-electron chi connectivity index (χ4n) is 2.19. The van der Waals surface area contributed by atoms with E-state index in [0.717, 1.165) is 5.92 Å². The third-order valence-corrected chi connectivity index (χ3v) is 3.88. The molecule has 0 bridgehead atoms. The van der Waals surface area contributed by atoms with Gasteiger partial charge in [0.1, 0.15) is 0 Å². The second kappa shape index (κ2) is 3.97. The van der Waals surface area contributed by atoms with Crippen LogP contribution in [0.3, 0.4) is 0 Å². The molecule has 1 aliphatic carbocycles. The molecule has 13 heavy (non-hydrogen) atoms. The quantitative estimate of drug-likeness (QED) is 0.725. The van der Waals surface area contributed by atoms with Gasteiger partial charge in [-0.05, 0) is 46.7 Å². The lowest BCUT2D eigenvalue weighted by Crippen LogP contribution is -2.55. The molecule has 1 fully saturated rings. The SMILES string of the molecule is CN(C)C(C)(C)C(N)C1CCCC1. The van der Waals surface area contributed by atoms with E-state index in [1.54, 1.807) is 0 Å². The zero-order valence-electron chi connectivity index (χ0n) is 9.51. The topological polar surface area (TPSA) is 29.3 Å². The fourth-order valence-corrected chi connectivity index (χ4v) is 2.19. The van der Waals surface area contributed by atoms with Crippen LogP contribution in [0.2, 0.25) is 0 Å². The van der Waals surface area contributed by atoms with Gasteiger partial charge in [0.05, 0.1) is 0 Å². The molecule has 0 amide bonds. The van der Waals surface area contributed by atoms with Crippen LogP contribution >= 0.6 is 0 Å². The van der Waals surface area contributed by atoms with Gasteiger partial charge in [0.2, 0.25) is 0 Å². The first kappa shape index (κ1) is 11.0. The summed E-state index contributed by atoms with van der Waals surface area (Å²) in [5.74, 6) is 0.748. The highest BCUT2D eigenvalue weighted by molar-refractivity contribution is 4.94. The number of hydrogen-bond donors (Lipinski definition) is 1. The summed E-state index contributed by atoms with van der Waals surface area (Å²) in [4.78, 5) is 2.25. The Hall–Kier alpha value is -0.0800. The Morgan fingerprint density at radius 3 is 2.08 bits per heavy atom. The van der Waals surface area contributed by atoms with Crippen LogP contribution < -0.4 is 5.73 Å². The van der Waals surface area contributed by atoms with E-state index in [2.05, 4.69) is 32.8 Å². The lowest BCUT2D eigenvalue weighted by atomic mass is 9.83. The Bertz CT molecular complexity index is 157. The van der Waals surface area contributed by atoms with Crippen molar-refractivity contribution in [2.45, 2.75) is 51.1 Å². The third-order valence-electron chi connectivity index (χ3n) is 3.88. The minimum absolute atomic E-state index is 0.134. The number of hydrogen-bond acceptors (Lipinski definition) is 2. The second-order valence-electron chi connectivity index (χ2n) is 5.12. The van der Waals surface area contributed by atoms with Crippen molar-refractivity contribution >= 4 is 0 Å². The van der Waals surface area contributed by atoms with Crippen LogP contribution in [0.5, 0.6) is 0 Å². The molecule has 1 saturated carbocycles. The Labute approximate surface area is 82.5 Å². The molecule has 1 atom stereocenters. The Balaban J connectivity index is 2.58. The van der Waals surface area contributed by atoms with Crippen LogP contribution in [0.25, 0.3) is 0 Å². The zero-order chi connectivity index (χ0) is 10.1. The number of likely N-dealkylation sites (N-methyl/N-ethyl adjacent to an activating group) is 1. The summed E-state index contributed by atoms with van der Waals surface area (Å²) in [5, 5.41) is 0. The summed E-state index contributed by atoms with van der Waals surface area (Å²) in [7, 11) is 4.24. The normalized spacial score (nSPS) is 22.6. The van der Waals surface area contributed by atoms with Crippen molar-refractivity contribution < 1.29 is 0 Å². The van der Waals surface area contributed by atoms with E-state index in [9.17, 15) is 0 Å². The van der Waals surface area contributed by atoms with Gasteiger partial charge >= 0.3 is 0 Å². The summed E-state index contributed by atoms with van der Waals surface area (Å²) in [6.45, 7) is 4.49. The predicted molar refractivity (Wildman–Crippen MR) is 57.7 cm³/mol. The van der Waals surface area contributed by atoms with E-state index >= 15 is 0 Å². The molecular weight excluding hydrogens is 160 g/mol. The van der Waals surface area contributed by atoms with Crippen molar-refractivity contribution in [2.24, 2.45) is 11.7 Å². The molecule has 0 spiro atoms. The highest BCUT2D eigenvalue weighted by atomic mass is 15.2. The third kappa shape index (κ3) is 2.23. The summed E-state index contributed by atoms with van der Waals surface area (Å²) >= 11 is 0. The molecule has 0 radical (unpaired) electrons. The lowest BCUT2D eigenvalue weighted by molar-refractivity contribution is 0.126. The van der Waals surface area contributed by atoms with Crippen LogP contribution in [-0.2, 0) is 0 Å². The van der Waals surface area contributed by atoms with Crippen molar-refractivity contribution in [3.8, 4) is 0 Å². The van der Waals surface area contributed by atoms with Gasteiger partial charge in [-0.15, -0.1) is 0 Å². The smallest absolute Gasteiger partial charge is 0.0300 e. The molecule has 0 heterocycles. The Kier molecular flexibility index (Phi) is 3.36. The van der Waals surface area contributed by atoms with Gasteiger partial charge in [0.15, 0.2) is 0 Å². The average Bonchev–Trinajstić information content (AvgIpc) is 2.54. The fraction of sp³-hybridized carbons (Fsp3) is 1.00. The molecule has 2 heteroatoms. The average molecular weight is 184 g/mol. The molecule has 0 aromatic rings. The van der Waals surface area contributed by atoms with E-state index in [-0.39, 0.29) is 5.54 Å². The highest BCUT2D eigenvalue weighted by Gasteiger charge is 2.35. The van der Waals surface area contributed by atoms with Crippen molar-refractivity contribution in [3.05, 3.63) is 0 Å². The standard InChI is InChI=1S/C11H24N2/c1-11(2,13(3)4)10(12)9-7-5-6-8-9/h9-10H,5-8,12H2,1-4H3. The van der Waals surface area contributed by atoms with E-state index in [4.69, 9.17) is 5.73 Å². The van der Waals surface area contributed by atoms with Gasteiger partial charge in [0.25, 0.3) is 0 Å². The highest BCUT2D eigenvalue weighted by Crippen LogP contribution is 2.32. The molecule has 1 rings (SSSR count). The van der Waals surface area contributed by atoms with Crippen molar-refractivity contribution in [1.82, 2.24) is 4.90 Å². The molecule has 2 nitrogen and oxygen atoms in total. The zero-order valence-corrected chi connectivity index (χ0v) is 9.51. The van der Waals surface area contributed by atoms with Gasteiger partial charge in [-0.25, -0.2) is 0 Å². The number of rotatable bonds is 3. The summed E-state index contributed by atoms with van der Waals surface area (Å²) < 4.78 is 0. The number of nitrogens with zero attached hydrogens (tertiary/aromatic N) is 1. The van der Waals surface area contributed by atoms with E-state index in [1.165, 1.54) is 25.7 Å². The van der Waals surface area contributed by atoms with E-state index in [0.29, 0.717) is 6.04 Å². The molecule has 0 aromatic carbocycles. The maximum Gasteiger partial charge on any atom is 0.0300 e. The molecule has 0 aliphatic heterocycles. The number of nitrogens with two attached hydrogens (primary N) is 1.